The third-order valence-electron chi connectivity index (χ3n) is 4.03. The molecule has 0 aromatic heterocycles. The number of sulfonamides is 1. The second-order valence-electron chi connectivity index (χ2n) is 5.99. The Labute approximate surface area is 153 Å². The molecule has 1 aromatic rings. The van der Waals surface area contributed by atoms with E-state index in [0.717, 1.165) is 12.1 Å². The predicted octanol–water partition coefficient (Wildman–Crippen LogP) is 1.85. The predicted molar refractivity (Wildman–Crippen MR) is 92.5 cm³/mol. The van der Waals surface area contributed by atoms with Gasteiger partial charge in [0.15, 0.2) is 11.5 Å². The Bertz CT molecular complexity index is 967. The quantitative estimate of drug-likeness (QED) is 0.838. The van der Waals surface area contributed by atoms with Crippen LogP contribution in [0.15, 0.2) is 46.1 Å². The lowest BCUT2D eigenvalue weighted by molar-refractivity contribution is -0.137. The molecule has 1 aromatic carbocycles. The van der Waals surface area contributed by atoms with Crippen molar-refractivity contribution in [3.05, 3.63) is 47.8 Å². The number of carbonyl (C=O) groups excluding carboxylic acids is 1. The molecule has 0 saturated carbocycles. The van der Waals surface area contributed by atoms with Gasteiger partial charge in [-0.15, -0.1) is 4.40 Å². The number of rotatable bonds is 3. The zero-order valence-electron chi connectivity index (χ0n) is 14.1. The van der Waals surface area contributed by atoms with Gasteiger partial charge in [-0.3, -0.25) is 4.79 Å². The van der Waals surface area contributed by atoms with Crippen LogP contribution in [0.2, 0.25) is 0 Å². The Morgan fingerprint density at radius 2 is 2.07 bits per heavy atom. The Balaban J connectivity index is 1.82. The molecule has 0 spiro atoms. The van der Waals surface area contributed by atoms with Crippen molar-refractivity contribution < 1.29 is 26.4 Å². The Hall–Kier alpha value is -2.69. The molecule has 27 heavy (non-hydrogen) atoms. The van der Waals surface area contributed by atoms with Crippen molar-refractivity contribution in [1.82, 2.24) is 10.2 Å². The molecule has 0 bridgehead atoms. The number of amides is 1. The Morgan fingerprint density at radius 3 is 2.78 bits per heavy atom. The highest BCUT2D eigenvalue weighted by molar-refractivity contribution is 7.90. The molecule has 2 aliphatic heterocycles. The number of fused-ring (bicyclic) bond motifs is 1. The maximum absolute atomic E-state index is 12.9. The third-order valence-corrected chi connectivity index (χ3v) is 5.18. The van der Waals surface area contributed by atoms with Gasteiger partial charge in [-0.05, 0) is 24.6 Å². The fraction of sp³-hybridized carbons (Fsp3) is 0.312. The second-order valence-corrected chi connectivity index (χ2v) is 7.74. The maximum Gasteiger partial charge on any atom is 0.416 e. The number of halogens is 3. The summed E-state index contributed by atoms with van der Waals surface area (Å²) in [6.07, 6.45) is -1.66. The number of alkyl halides is 3. The number of nitrogens with zero attached hydrogens (tertiary/aromatic N) is 3. The van der Waals surface area contributed by atoms with Crippen LogP contribution in [-0.4, -0.2) is 43.1 Å². The van der Waals surface area contributed by atoms with Crippen LogP contribution >= 0.6 is 0 Å². The summed E-state index contributed by atoms with van der Waals surface area (Å²) in [5.41, 5.74) is -0.784. The van der Waals surface area contributed by atoms with E-state index in [2.05, 4.69) is 14.7 Å². The van der Waals surface area contributed by atoms with Crippen LogP contribution in [0, 0.1) is 0 Å². The molecule has 1 N–H and O–H groups in total. The average molecular weight is 400 g/mol. The van der Waals surface area contributed by atoms with Crippen LogP contribution in [-0.2, 0) is 21.0 Å². The van der Waals surface area contributed by atoms with Crippen molar-refractivity contribution in [2.45, 2.75) is 19.1 Å². The molecular formula is C16H15F3N4O3S. The summed E-state index contributed by atoms with van der Waals surface area (Å²) in [6.45, 7) is 1.65. The minimum absolute atomic E-state index is 0.0995. The van der Waals surface area contributed by atoms with Gasteiger partial charge in [0, 0.05) is 18.9 Å². The van der Waals surface area contributed by atoms with Gasteiger partial charge >= 0.3 is 6.18 Å². The lowest BCUT2D eigenvalue weighted by atomic mass is 10.0. The van der Waals surface area contributed by atoms with Crippen LogP contribution in [0.5, 0.6) is 0 Å². The number of benzene rings is 1. The van der Waals surface area contributed by atoms with E-state index in [9.17, 15) is 26.4 Å². The van der Waals surface area contributed by atoms with E-state index < -0.39 is 33.7 Å². The fourth-order valence-electron chi connectivity index (χ4n) is 2.61. The molecule has 0 aliphatic carbocycles. The second kappa shape index (κ2) is 6.80. The van der Waals surface area contributed by atoms with E-state index in [0.29, 0.717) is 0 Å². The van der Waals surface area contributed by atoms with Gasteiger partial charge < -0.3 is 10.2 Å². The van der Waals surface area contributed by atoms with Gasteiger partial charge in [-0.2, -0.15) is 13.2 Å². The molecule has 1 unspecified atom stereocenters. The first-order valence-corrected chi connectivity index (χ1v) is 9.50. The molecule has 3 rings (SSSR count). The zero-order valence-corrected chi connectivity index (χ0v) is 14.9. The minimum atomic E-state index is -4.50. The highest BCUT2D eigenvalue weighted by Gasteiger charge is 2.33. The van der Waals surface area contributed by atoms with Crippen LogP contribution in [0.1, 0.15) is 24.1 Å². The fourth-order valence-corrected chi connectivity index (χ4v) is 3.59. The Morgan fingerprint density at radius 1 is 1.33 bits per heavy atom. The van der Waals surface area contributed by atoms with Gasteiger partial charge in [-0.1, -0.05) is 12.1 Å². The molecule has 2 heterocycles. The molecule has 144 valence electrons. The number of aliphatic imine (C=N–C) groups is 1. The molecule has 7 nitrogen and oxygen atoms in total. The van der Waals surface area contributed by atoms with Gasteiger partial charge in [-0.25, -0.2) is 13.4 Å². The van der Waals surface area contributed by atoms with E-state index in [-0.39, 0.29) is 29.4 Å². The number of hydrogen-bond acceptors (Lipinski definition) is 5. The van der Waals surface area contributed by atoms with Gasteiger partial charge in [0.25, 0.3) is 15.9 Å². The van der Waals surface area contributed by atoms with Crippen molar-refractivity contribution >= 4 is 27.5 Å². The topological polar surface area (TPSA) is 91.2 Å². The lowest BCUT2D eigenvalue weighted by Crippen LogP contribution is -2.48. The molecular weight excluding hydrogens is 385 g/mol. The first-order valence-electron chi connectivity index (χ1n) is 7.89. The monoisotopic (exact) mass is 400 g/mol. The number of carbonyl (C=O) groups is 1. The molecule has 1 amide bonds. The van der Waals surface area contributed by atoms with Crippen LogP contribution in [0.25, 0.3) is 0 Å². The number of nitrogens with one attached hydrogen (secondary N) is 1. The van der Waals surface area contributed by atoms with E-state index in [1.807, 2.05) is 0 Å². The standard InChI is InChI=1S/C16H15F3N4O3S/c1-10(11-3-2-4-12(9-11)16(17,18)19)21-15(24)13-14-22-27(25,26)8-7-23(14)6-5-20-13/h2-6,9-10H,7-8H2,1H3,(H,21,24). The van der Waals surface area contributed by atoms with E-state index in [1.165, 1.54) is 36.4 Å². The van der Waals surface area contributed by atoms with Gasteiger partial charge in [0.05, 0.1) is 17.4 Å². The largest absolute Gasteiger partial charge is 0.416 e. The summed E-state index contributed by atoms with van der Waals surface area (Å²) in [4.78, 5) is 17.9. The average Bonchev–Trinajstić information content (AvgIpc) is 2.59. The number of hydrogen-bond donors (Lipinski definition) is 1. The normalized spacial score (nSPS) is 19.6. The summed E-state index contributed by atoms with van der Waals surface area (Å²) in [7, 11) is -3.70. The molecule has 1 atom stereocenters. The summed E-state index contributed by atoms with van der Waals surface area (Å²) in [5, 5.41) is 2.53. The first kappa shape index (κ1) is 19.1. The van der Waals surface area contributed by atoms with E-state index >= 15 is 0 Å². The molecule has 0 fully saturated rings. The minimum Gasteiger partial charge on any atom is -0.344 e. The highest BCUT2D eigenvalue weighted by Crippen LogP contribution is 2.30. The van der Waals surface area contributed by atoms with Gasteiger partial charge in [0.1, 0.15) is 0 Å². The van der Waals surface area contributed by atoms with Crippen LogP contribution < -0.4 is 5.32 Å². The van der Waals surface area contributed by atoms with E-state index in [4.69, 9.17) is 0 Å². The van der Waals surface area contributed by atoms with Crippen LogP contribution in [0.3, 0.4) is 0 Å². The summed E-state index contributed by atoms with van der Waals surface area (Å²) < 4.78 is 65.6. The molecule has 0 radical (unpaired) electrons. The summed E-state index contributed by atoms with van der Waals surface area (Å²) in [5.74, 6) is -1.02. The Kier molecular flexibility index (Phi) is 4.81. The number of amidine groups is 1. The van der Waals surface area contributed by atoms with Crippen molar-refractivity contribution in [3.63, 3.8) is 0 Å². The van der Waals surface area contributed by atoms with Crippen molar-refractivity contribution in [2.24, 2.45) is 9.39 Å². The van der Waals surface area contributed by atoms with Crippen molar-refractivity contribution in [2.75, 3.05) is 12.3 Å². The van der Waals surface area contributed by atoms with E-state index in [1.54, 1.807) is 0 Å². The summed E-state index contributed by atoms with van der Waals surface area (Å²) >= 11 is 0. The zero-order chi connectivity index (χ0) is 19.8. The smallest absolute Gasteiger partial charge is 0.344 e. The summed E-state index contributed by atoms with van der Waals surface area (Å²) in [6, 6.07) is 3.83. The van der Waals surface area contributed by atoms with Crippen molar-refractivity contribution in [3.8, 4) is 0 Å². The lowest BCUT2D eigenvalue weighted by Gasteiger charge is -2.28. The highest BCUT2D eigenvalue weighted by atomic mass is 32.2. The molecule has 2 aliphatic rings. The maximum atomic E-state index is 12.9. The van der Waals surface area contributed by atoms with Crippen molar-refractivity contribution in [1.29, 1.82) is 0 Å². The molecule has 11 heteroatoms. The van der Waals surface area contributed by atoms with Gasteiger partial charge in [0.2, 0.25) is 0 Å². The molecule has 0 saturated heterocycles. The van der Waals surface area contributed by atoms with Crippen LogP contribution in [0.4, 0.5) is 13.2 Å². The first-order chi connectivity index (χ1) is 12.6. The third kappa shape index (κ3) is 4.18. The SMILES string of the molecule is CC(NC(=O)C1=NC=CN2CCS(=O)(=O)N=C12)c1cccc(C(F)(F)F)c1.